The number of amides is 1. The van der Waals surface area contributed by atoms with Crippen LogP contribution in [0.2, 0.25) is 0 Å². The molecule has 0 aromatic carbocycles. The summed E-state index contributed by atoms with van der Waals surface area (Å²) in [5.41, 5.74) is 0. The SMILES string of the molecule is C=CCNC(=O)c1nn2c(C3CC3)nnc2s1. The maximum Gasteiger partial charge on any atom is 0.282 e. The first-order chi connectivity index (χ1) is 8.29. The Morgan fingerprint density at radius 1 is 1.59 bits per heavy atom. The fourth-order valence-corrected chi connectivity index (χ4v) is 2.32. The molecule has 88 valence electrons. The van der Waals surface area contributed by atoms with Gasteiger partial charge in [-0.05, 0) is 12.8 Å². The van der Waals surface area contributed by atoms with Crippen molar-refractivity contribution in [2.24, 2.45) is 0 Å². The van der Waals surface area contributed by atoms with E-state index in [0.29, 0.717) is 22.4 Å². The highest BCUT2D eigenvalue weighted by atomic mass is 32.1. The smallest absolute Gasteiger partial charge is 0.282 e. The molecule has 0 atom stereocenters. The summed E-state index contributed by atoms with van der Waals surface area (Å²) < 4.78 is 1.69. The molecule has 2 aromatic heterocycles. The van der Waals surface area contributed by atoms with Crippen molar-refractivity contribution in [1.29, 1.82) is 0 Å². The number of carbonyl (C=O) groups is 1. The summed E-state index contributed by atoms with van der Waals surface area (Å²) in [5.74, 6) is 1.15. The number of nitrogens with one attached hydrogen (secondary N) is 1. The lowest BCUT2D eigenvalue weighted by molar-refractivity contribution is 0.0956. The van der Waals surface area contributed by atoms with Crippen molar-refractivity contribution in [2.45, 2.75) is 18.8 Å². The average molecular weight is 249 g/mol. The summed E-state index contributed by atoms with van der Waals surface area (Å²) in [6.45, 7) is 3.98. The molecule has 6 nitrogen and oxygen atoms in total. The minimum atomic E-state index is -0.192. The van der Waals surface area contributed by atoms with Crippen LogP contribution in [-0.2, 0) is 0 Å². The Labute approximate surface area is 101 Å². The summed E-state index contributed by atoms with van der Waals surface area (Å²) >= 11 is 1.25. The highest BCUT2D eigenvalue weighted by Gasteiger charge is 2.30. The number of rotatable bonds is 4. The Hall–Kier alpha value is -1.76. The molecule has 0 aliphatic heterocycles. The molecule has 0 unspecified atom stereocenters. The fraction of sp³-hybridized carbons (Fsp3) is 0.400. The molecular weight excluding hydrogens is 238 g/mol. The molecule has 2 heterocycles. The van der Waals surface area contributed by atoms with Crippen molar-refractivity contribution < 1.29 is 4.79 Å². The molecular formula is C10H11N5OS. The van der Waals surface area contributed by atoms with E-state index >= 15 is 0 Å². The minimum absolute atomic E-state index is 0.192. The van der Waals surface area contributed by atoms with Crippen LogP contribution >= 0.6 is 11.3 Å². The van der Waals surface area contributed by atoms with Gasteiger partial charge in [0, 0.05) is 12.5 Å². The van der Waals surface area contributed by atoms with Gasteiger partial charge in [0.15, 0.2) is 5.82 Å². The van der Waals surface area contributed by atoms with Gasteiger partial charge in [0.05, 0.1) is 0 Å². The van der Waals surface area contributed by atoms with Crippen LogP contribution in [0.25, 0.3) is 4.96 Å². The third kappa shape index (κ3) is 1.82. The standard InChI is InChI=1S/C10H11N5OS/c1-2-5-11-8(16)9-14-15-7(6-3-4-6)12-13-10(15)17-9/h2,6H,1,3-5H2,(H,11,16). The molecule has 0 radical (unpaired) electrons. The quantitative estimate of drug-likeness (QED) is 0.820. The van der Waals surface area contributed by atoms with Crippen LogP contribution in [0.4, 0.5) is 0 Å². The van der Waals surface area contributed by atoms with Gasteiger partial charge in [-0.25, -0.2) is 0 Å². The van der Waals surface area contributed by atoms with E-state index in [2.05, 4.69) is 27.2 Å². The molecule has 0 spiro atoms. The van der Waals surface area contributed by atoms with E-state index in [9.17, 15) is 4.79 Å². The van der Waals surface area contributed by atoms with Gasteiger partial charge in [-0.2, -0.15) is 4.52 Å². The van der Waals surface area contributed by atoms with Crippen LogP contribution in [0.1, 0.15) is 34.4 Å². The topological polar surface area (TPSA) is 72.2 Å². The molecule has 3 rings (SSSR count). The van der Waals surface area contributed by atoms with Gasteiger partial charge in [-0.1, -0.05) is 17.4 Å². The van der Waals surface area contributed by atoms with Gasteiger partial charge < -0.3 is 5.32 Å². The molecule has 1 fully saturated rings. The number of hydrogen-bond acceptors (Lipinski definition) is 5. The number of aromatic nitrogens is 4. The summed E-state index contributed by atoms with van der Waals surface area (Å²) in [7, 11) is 0. The number of fused-ring (bicyclic) bond motifs is 1. The summed E-state index contributed by atoms with van der Waals surface area (Å²) in [5, 5.41) is 15.5. The van der Waals surface area contributed by atoms with Crippen LogP contribution in [-0.4, -0.2) is 32.3 Å². The second-order valence-electron chi connectivity index (χ2n) is 3.93. The predicted molar refractivity (Wildman–Crippen MR) is 63.2 cm³/mol. The largest absolute Gasteiger partial charge is 0.346 e. The highest BCUT2D eigenvalue weighted by molar-refractivity contribution is 7.18. The van der Waals surface area contributed by atoms with Gasteiger partial charge in [0.1, 0.15) is 0 Å². The first-order valence-corrected chi connectivity index (χ1v) is 6.22. The molecule has 1 amide bonds. The van der Waals surface area contributed by atoms with E-state index in [1.165, 1.54) is 11.3 Å². The number of hydrogen-bond donors (Lipinski definition) is 1. The number of carbonyl (C=O) groups excluding carboxylic acids is 1. The van der Waals surface area contributed by atoms with Gasteiger partial charge >= 0.3 is 0 Å². The van der Waals surface area contributed by atoms with Crippen molar-refractivity contribution in [1.82, 2.24) is 25.1 Å². The highest BCUT2D eigenvalue weighted by Crippen LogP contribution is 2.39. The third-order valence-corrected chi connectivity index (χ3v) is 3.46. The summed E-state index contributed by atoms with van der Waals surface area (Å²) in [6, 6.07) is 0. The molecule has 2 aromatic rings. The van der Waals surface area contributed by atoms with Crippen molar-refractivity contribution in [3.63, 3.8) is 0 Å². The Balaban J connectivity index is 1.90. The number of nitrogens with zero attached hydrogens (tertiary/aromatic N) is 4. The minimum Gasteiger partial charge on any atom is -0.346 e. The maximum atomic E-state index is 11.7. The molecule has 17 heavy (non-hydrogen) atoms. The Bertz CT molecular complexity index is 583. The molecule has 1 aliphatic rings. The maximum absolute atomic E-state index is 11.7. The molecule has 1 aliphatic carbocycles. The van der Waals surface area contributed by atoms with Crippen LogP contribution in [0.3, 0.4) is 0 Å². The molecule has 1 N–H and O–H groups in total. The third-order valence-electron chi connectivity index (χ3n) is 2.56. The Morgan fingerprint density at radius 3 is 3.12 bits per heavy atom. The van der Waals surface area contributed by atoms with E-state index in [1.807, 2.05) is 0 Å². The van der Waals surface area contributed by atoms with Gasteiger partial charge in [-0.15, -0.1) is 21.9 Å². The van der Waals surface area contributed by atoms with E-state index in [1.54, 1.807) is 10.6 Å². The first kappa shape index (κ1) is 10.4. The Kier molecular flexibility index (Phi) is 2.40. The van der Waals surface area contributed by atoms with Crippen molar-refractivity contribution in [3.8, 4) is 0 Å². The monoisotopic (exact) mass is 249 g/mol. The fourth-order valence-electron chi connectivity index (χ4n) is 1.56. The molecule has 0 bridgehead atoms. The van der Waals surface area contributed by atoms with Crippen LogP contribution in [0.5, 0.6) is 0 Å². The zero-order valence-corrected chi connectivity index (χ0v) is 9.90. The van der Waals surface area contributed by atoms with Crippen molar-refractivity contribution in [2.75, 3.05) is 6.54 Å². The Morgan fingerprint density at radius 2 is 2.41 bits per heavy atom. The van der Waals surface area contributed by atoms with Gasteiger partial charge in [-0.3, -0.25) is 4.79 Å². The van der Waals surface area contributed by atoms with E-state index in [4.69, 9.17) is 0 Å². The zero-order valence-electron chi connectivity index (χ0n) is 9.09. The normalized spacial score (nSPS) is 15.1. The van der Waals surface area contributed by atoms with Crippen molar-refractivity contribution >= 4 is 22.2 Å². The molecule has 0 saturated heterocycles. The van der Waals surface area contributed by atoms with Crippen molar-refractivity contribution in [3.05, 3.63) is 23.5 Å². The zero-order chi connectivity index (χ0) is 11.8. The van der Waals surface area contributed by atoms with Crippen LogP contribution < -0.4 is 5.32 Å². The lowest BCUT2D eigenvalue weighted by Gasteiger charge is -1.96. The van der Waals surface area contributed by atoms with E-state index in [0.717, 1.165) is 18.7 Å². The average Bonchev–Trinajstić information content (AvgIpc) is 2.95. The van der Waals surface area contributed by atoms with E-state index < -0.39 is 0 Å². The van der Waals surface area contributed by atoms with Gasteiger partial charge in [0.2, 0.25) is 9.97 Å². The second kappa shape index (κ2) is 3.92. The van der Waals surface area contributed by atoms with E-state index in [-0.39, 0.29) is 5.91 Å². The predicted octanol–water partition coefficient (Wildman–Crippen LogP) is 0.979. The van der Waals surface area contributed by atoms with Crippen LogP contribution in [0.15, 0.2) is 12.7 Å². The molecule has 1 saturated carbocycles. The molecule has 7 heteroatoms. The second-order valence-corrected chi connectivity index (χ2v) is 4.89. The summed E-state index contributed by atoms with van der Waals surface area (Å²) in [6.07, 6.45) is 3.90. The lowest BCUT2D eigenvalue weighted by Crippen LogP contribution is -2.23. The summed E-state index contributed by atoms with van der Waals surface area (Å²) in [4.78, 5) is 12.4. The lowest BCUT2D eigenvalue weighted by atomic mass is 10.4. The first-order valence-electron chi connectivity index (χ1n) is 5.41. The van der Waals surface area contributed by atoms with Gasteiger partial charge in [0.25, 0.3) is 5.91 Å². The van der Waals surface area contributed by atoms with Crippen LogP contribution in [0, 0.1) is 0 Å².